The lowest BCUT2D eigenvalue weighted by Gasteiger charge is -2.32. The van der Waals surface area contributed by atoms with Gasteiger partial charge in [-0.25, -0.2) is 0 Å². The first-order valence-corrected chi connectivity index (χ1v) is 11.7. The molecule has 1 aromatic rings. The summed E-state index contributed by atoms with van der Waals surface area (Å²) in [6, 6.07) is 6.58. The van der Waals surface area contributed by atoms with Gasteiger partial charge in [-0.15, -0.1) is 11.8 Å². The number of piperidine rings is 1. The van der Waals surface area contributed by atoms with E-state index in [1.54, 1.807) is 11.8 Å². The lowest BCUT2D eigenvalue weighted by molar-refractivity contribution is -0.126. The van der Waals surface area contributed by atoms with Crippen molar-refractivity contribution in [3.8, 4) is 0 Å². The van der Waals surface area contributed by atoms with Crippen LogP contribution in [0.15, 0.2) is 29.2 Å². The first-order chi connectivity index (χ1) is 13.5. The van der Waals surface area contributed by atoms with Gasteiger partial charge in [-0.2, -0.15) is 0 Å². The molecule has 1 fully saturated rings. The molecule has 4 N–H and O–H groups in total. The van der Waals surface area contributed by atoms with E-state index in [-0.39, 0.29) is 18.6 Å². The third-order valence-electron chi connectivity index (χ3n) is 5.71. The molecule has 6 heteroatoms. The third-order valence-corrected chi connectivity index (χ3v) is 6.45. The standard InChI is InChI=1S/C22H36N2O3S/c1-4-5-15(2)12-16-10-11-23-19(13-16)22(27)24-20(14-25)21(26)17-6-8-18(28-3)9-7-17/h6-9,15-16,19-21,23,25-26H,4-5,10-14H2,1-3H3,(H,24,27). The SMILES string of the molecule is CCCC(C)CC1CCNC(C(=O)NC(CO)C(O)c2ccc(SC)cc2)C1. The Labute approximate surface area is 173 Å². The molecule has 5 atom stereocenters. The summed E-state index contributed by atoms with van der Waals surface area (Å²) in [5.41, 5.74) is 0.694. The van der Waals surface area contributed by atoms with Gasteiger partial charge in [-0.3, -0.25) is 4.79 Å². The van der Waals surface area contributed by atoms with Crippen molar-refractivity contribution < 1.29 is 15.0 Å². The fourth-order valence-electron chi connectivity index (χ4n) is 4.13. The average Bonchev–Trinajstić information content (AvgIpc) is 2.71. The van der Waals surface area contributed by atoms with Crippen molar-refractivity contribution in [1.29, 1.82) is 0 Å². The maximum atomic E-state index is 12.8. The maximum absolute atomic E-state index is 12.8. The van der Waals surface area contributed by atoms with Gasteiger partial charge < -0.3 is 20.8 Å². The lowest BCUT2D eigenvalue weighted by Crippen LogP contribution is -2.53. The number of nitrogens with one attached hydrogen (secondary N) is 2. The molecule has 158 valence electrons. The van der Waals surface area contributed by atoms with Crippen molar-refractivity contribution in [3.63, 3.8) is 0 Å². The maximum Gasteiger partial charge on any atom is 0.237 e. The van der Waals surface area contributed by atoms with Gasteiger partial charge in [0.05, 0.1) is 18.7 Å². The smallest absolute Gasteiger partial charge is 0.237 e. The van der Waals surface area contributed by atoms with Crippen molar-refractivity contribution in [2.24, 2.45) is 11.8 Å². The van der Waals surface area contributed by atoms with Crippen molar-refractivity contribution in [1.82, 2.24) is 10.6 Å². The summed E-state index contributed by atoms with van der Waals surface area (Å²) in [6.45, 7) is 5.04. The molecule has 1 aliphatic rings. The van der Waals surface area contributed by atoms with Crippen LogP contribution < -0.4 is 10.6 Å². The summed E-state index contributed by atoms with van der Waals surface area (Å²) in [5.74, 6) is 1.11. The van der Waals surface area contributed by atoms with Crippen LogP contribution in [0.25, 0.3) is 0 Å². The second-order valence-corrected chi connectivity index (χ2v) is 8.92. The van der Waals surface area contributed by atoms with Crippen LogP contribution in [0.2, 0.25) is 0 Å². The van der Waals surface area contributed by atoms with Crippen molar-refractivity contribution in [2.45, 2.75) is 69.0 Å². The number of rotatable bonds is 10. The summed E-state index contributed by atoms with van der Waals surface area (Å²) in [6.07, 6.45) is 6.57. The summed E-state index contributed by atoms with van der Waals surface area (Å²) < 4.78 is 0. The minimum Gasteiger partial charge on any atom is -0.394 e. The van der Waals surface area contributed by atoms with Crippen LogP contribution in [0.3, 0.4) is 0 Å². The zero-order valence-corrected chi connectivity index (χ0v) is 18.2. The highest BCUT2D eigenvalue weighted by molar-refractivity contribution is 7.98. The summed E-state index contributed by atoms with van der Waals surface area (Å²) >= 11 is 1.63. The largest absolute Gasteiger partial charge is 0.394 e. The number of carbonyl (C=O) groups excluding carboxylic acids is 1. The Kier molecular flexibility index (Phi) is 9.79. The molecule has 5 unspecified atom stereocenters. The van der Waals surface area contributed by atoms with Crippen LogP contribution >= 0.6 is 11.8 Å². The number of aliphatic hydroxyl groups excluding tert-OH is 2. The summed E-state index contributed by atoms with van der Waals surface area (Å²) in [7, 11) is 0. The molecule has 28 heavy (non-hydrogen) atoms. The van der Waals surface area contributed by atoms with Crippen molar-refractivity contribution in [2.75, 3.05) is 19.4 Å². The van der Waals surface area contributed by atoms with Crippen LogP contribution in [0, 0.1) is 11.8 Å². The van der Waals surface area contributed by atoms with Gasteiger partial charge in [0.25, 0.3) is 0 Å². The van der Waals surface area contributed by atoms with E-state index in [4.69, 9.17) is 0 Å². The first-order valence-electron chi connectivity index (χ1n) is 10.4. The second-order valence-electron chi connectivity index (χ2n) is 8.04. The van der Waals surface area contributed by atoms with Crippen LogP contribution in [0.5, 0.6) is 0 Å². The van der Waals surface area contributed by atoms with Crippen LogP contribution in [0.4, 0.5) is 0 Å². The number of amides is 1. The highest BCUT2D eigenvalue weighted by atomic mass is 32.2. The Hall–Kier alpha value is -1.08. The number of thioether (sulfide) groups is 1. The topological polar surface area (TPSA) is 81.6 Å². The highest BCUT2D eigenvalue weighted by Gasteiger charge is 2.30. The number of hydrogen-bond donors (Lipinski definition) is 4. The van der Waals surface area contributed by atoms with E-state index in [1.807, 2.05) is 30.5 Å². The van der Waals surface area contributed by atoms with E-state index < -0.39 is 12.1 Å². The highest BCUT2D eigenvalue weighted by Crippen LogP contribution is 2.26. The Morgan fingerprint density at radius 3 is 2.68 bits per heavy atom. The quantitative estimate of drug-likeness (QED) is 0.447. The molecular weight excluding hydrogens is 372 g/mol. The Morgan fingerprint density at radius 2 is 2.07 bits per heavy atom. The summed E-state index contributed by atoms with van der Waals surface area (Å²) in [4.78, 5) is 13.9. The molecule has 1 aliphatic heterocycles. The van der Waals surface area contributed by atoms with Crippen LogP contribution in [-0.4, -0.2) is 47.6 Å². The predicted octanol–water partition coefficient (Wildman–Crippen LogP) is 3.11. The molecule has 1 saturated heterocycles. The molecule has 1 amide bonds. The molecule has 0 radical (unpaired) electrons. The molecule has 0 bridgehead atoms. The molecular formula is C22H36N2O3S. The fraction of sp³-hybridized carbons (Fsp3) is 0.682. The van der Waals surface area contributed by atoms with Gasteiger partial charge in [0.2, 0.25) is 5.91 Å². The Bertz CT molecular complexity index is 596. The molecule has 1 heterocycles. The third kappa shape index (κ3) is 6.76. The van der Waals surface area contributed by atoms with E-state index in [9.17, 15) is 15.0 Å². The van der Waals surface area contributed by atoms with Gasteiger partial charge in [0.1, 0.15) is 6.10 Å². The minimum absolute atomic E-state index is 0.133. The summed E-state index contributed by atoms with van der Waals surface area (Å²) in [5, 5.41) is 26.5. The van der Waals surface area contributed by atoms with Gasteiger partial charge in [-0.1, -0.05) is 38.8 Å². The van der Waals surface area contributed by atoms with Gasteiger partial charge in [0, 0.05) is 4.90 Å². The van der Waals surface area contributed by atoms with Crippen LogP contribution in [-0.2, 0) is 4.79 Å². The zero-order valence-electron chi connectivity index (χ0n) is 17.4. The van der Waals surface area contributed by atoms with E-state index in [0.29, 0.717) is 17.4 Å². The van der Waals surface area contributed by atoms with Gasteiger partial charge in [0.15, 0.2) is 0 Å². The van der Waals surface area contributed by atoms with Crippen molar-refractivity contribution >= 4 is 17.7 Å². The average molecular weight is 409 g/mol. The second kappa shape index (κ2) is 11.8. The van der Waals surface area contributed by atoms with Gasteiger partial charge in [-0.05, 0) is 61.6 Å². The minimum atomic E-state index is -0.936. The van der Waals surface area contributed by atoms with E-state index >= 15 is 0 Å². The van der Waals surface area contributed by atoms with E-state index in [2.05, 4.69) is 24.5 Å². The first kappa shape index (κ1) is 23.2. The molecule has 2 rings (SSSR count). The molecule has 0 aliphatic carbocycles. The van der Waals surface area contributed by atoms with Crippen LogP contribution in [0.1, 0.15) is 57.6 Å². The predicted molar refractivity (Wildman–Crippen MR) is 115 cm³/mol. The lowest BCUT2D eigenvalue weighted by atomic mass is 9.83. The normalized spacial score (nSPS) is 23.0. The number of benzene rings is 1. The van der Waals surface area contributed by atoms with E-state index in [0.717, 1.165) is 30.7 Å². The fourth-order valence-corrected chi connectivity index (χ4v) is 4.54. The van der Waals surface area contributed by atoms with Crippen molar-refractivity contribution in [3.05, 3.63) is 29.8 Å². The Balaban J connectivity index is 1.92. The van der Waals surface area contributed by atoms with Gasteiger partial charge >= 0.3 is 0 Å². The number of carbonyl (C=O) groups is 1. The molecule has 5 nitrogen and oxygen atoms in total. The molecule has 0 spiro atoms. The zero-order chi connectivity index (χ0) is 20.5. The molecule has 0 aromatic heterocycles. The number of hydrogen-bond acceptors (Lipinski definition) is 5. The Morgan fingerprint density at radius 1 is 1.36 bits per heavy atom. The molecule has 0 saturated carbocycles. The number of aliphatic hydroxyl groups is 2. The molecule has 1 aromatic carbocycles. The van der Waals surface area contributed by atoms with E-state index in [1.165, 1.54) is 12.8 Å². The monoisotopic (exact) mass is 408 g/mol.